The highest BCUT2D eigenvalue weighted by Crippen LogP contribution is 2.01. The molecule has 1 saturated heterocycles. The Morgan fingerprint density at radius 2 is 2.19 bits per heavy atom. The molecule has 0 radical (unpaired) electrons. The first kappa shape index (κ1) is 11.1. The van der Waals surface area contributed by atoms with Crippen molar-refractivity contribution in [3.63, 3.8) is 0 Å². The van der Waals surface area contributed by atoms with Crippen LogP contribution in [0.25, 0.3) is 0 Å². The Labute approximate surface area is 95.2 Å². The van der Waals surface area contributed by atoms with E-state index < -0.39 is 0 Å². The predicted octanol–water partition coefficient (Wildman–Crippen LogP) is -0.520. The largest absolute Gasteiger partial charge is 0.378 e. The van der Waals surface area contributed by atoms with Crippen LogP contribution >= 0.6 is 0 Å². The van der Waals surface area contributed by atoms with E-state index in [1.165, 1.54) is 0 Å². The highest BCUT2D eigenvalue weighted by atomic mass is 16.5. The van der Waals surface area contributed by atoms with Crippen molar-refractivity contribution in [1.82, 2.24) is 9.47 Å². The maximum absolute atomic E-state index is 12.0. The zero-order valence-electron chi connectivity index (χ0n) is 9.85. The highest BCUT2D eigenvalue weighted by molar-refractivity contribution is 5.76. The summed E-state index contributed by atoms with van der Waals surface area (Å²) in [4.78, 5) is 13.8. The van der Waals surface area contributed by atoms with Crippen molar-refractivity contribution in [2.45, 2.75) is 13.5 Å². The fourth-order valence-electron chi connectivity index (χ4n) is 1.82. The van der Waals surface area contributed by atoms with Gasteiger partial charge in [0.15, 0.2) is 6.54 Å². The third-order valence-corrected chi connectivity index (χ3v) is 3.07. The van der Waals surface area contributed by atoms with Crippen molar-refractivity contribution in [2.24, 2.45) is 7.05 Å². The lowest BCUT2D eigenvalue weighted by atomic mass is 10.4. The zero-order chi connectivity index (χ0) is 11.5. The molecule has 88 valence electrons. The SMILES string of the molecule is Cc1n(CC(=O)N2CCOCC2)cc[n+]1C. The average Bonchev–Trinajstić information content (AvgIpc) is 2.62. The van der Waals surface area contributed by atoms with Crippen LogP contribution in [0, 0.1) is 6.92 Å². The van der Waals surface area contributed by atoms with Crippen LogP contribution in [0.5, 0.6) is 0 Å². The topological polar surface area (TPSA) is 38.4 Å². The van der Waals surface area contributed by atoms with Crippen molar-refractivity contribution in [3.8, 4) is 0 Å². The molecule has 5 nitrogen and oxygen atoms in total. The lowest BCUT2D eigenvalue weighted by Gasteiger charge is -2.26. The molecule has 0 atom stereocenters. The van der Waals surface area contributed by atoms with Gasteiger partial charge in [0.05, 0.1) is 20.3 Å². The van der Waals surface area contributed by atoms with Gasteiger partial charge < -0.3 is 9.64 Å². The zero-order valence-corrected chi connectivity index (χ0v) is 9.85. The van der Waals surface area contributed by atoms with E-state index in [0.717, 1.165) is 5.82 Å². The minimum Gasteiger partial charge on any atom is -0.378 e. The van der Waals surface area contributed by atoms with Crippen LogP contribution in [-0.4, -0.2) is 41.7 Å². The summed E-state index contributed by atoms with van der Waals surface area (Å²) in [5.41, 5.74) is 0. The Balaban J connectivity index is 1.98. The Morgan fingerprint density at radius 1 is 1.50 bits per heavy atom. The number of ether oxygens (including phenoxy) is 1. The van der Waals surface area contributed by atoms with Crippen molar-refractivity contribution in [2.75, 3.05) is 26.3 Å². The number of morpholine rings is 1. The molecule has 1 aliphatic rings. The van der Waals surface area contributed by atoms with Gasteiger partial charge in [-0.25, -0.2) is 9.13 Å². The summed E-state index contributed by atoms with van der Waals surface area (Å²) in [5.74, 6) is 1.25. The molecule has 0 N–H and O–H groups in total. The predicted molar refractivity (Wildman–Crippen MR) is 57.7 cm³/mol. The molecule has 0 aromatic carbocycles. The molecule has 16 heavy (non-hydrogen) atoms. The molecular weight excluding hydrogens is 206 g/mol. The van der Waals surface area contributed by atoms with Crippen LogP contribution in [0.3, 0.4) is 0 Å². The number of hydrogen-bond acceptors (Lipinski definition) is 2. The number of nitrogens with zero attached hydrogens (tertiary/aromatic N) is 3. The molecule has 1 fully saturated rings. The van der Waals surface area contributed by atoms with E-state index in [2.05, 4.69) is 0 Å². The Morgan fingerprint density at radius 3 is 2.75 bits per heavy atom. The van der Waals surface area contributed by atoms with E-state index in [0.29, 0.717) is 32.8 Å². The molecule has 0 spiro atoms. The molecule has 0 saturated carbocycles. The summed E-state index contributed by atoms with van der Waals surface area (Å²) in [5, 5.41) is 0. The molecule has 1 aromatic heterocycles. The quantitative estimate of drug-likeness (QED) is 0.634. The van der Waals surface area contributed by atoms with E-state index in [4.69, 9.17) is 4.74 Å². The summed E-state index contributed by atoms with van der Waals surface area (Å²) >= 11 is 0. The van der Waals surface area contributed by atoms with Crippen molar-refractivity contribution in [1.29, 1.82) is 0 Å². The van der Waals surface area contributed by atoms with E-state index >= 15 is 0 Å². The van der Waals surface area contributed by atoms with Gasteiger partial charge >= 0.3 is 0 Å². The number of carbonyl (C=O) groups is 1. The van der Waals surface area contributed by atoms with Crippen LogP contribution in [0.1, 0.15) is 5.82 Å². The fourth-order valence-corrected chi connectivity index (χ4v) is 1.82. The van der Waals surface area contributed by atoms with Gasteiger partial charge in [0.1, 0.15) is 12.4 Å². The second kappa shape index (κ2) is 4.65. The van der Waals surface area contributed by atoms with Gasteiger partial charge in [-0.2, -0.15) is 0 Å². The standard InChI is InChI=1S/C11H18N3O2/c1-10-12(2)3-4-14(10)9-11(15)13-5-7-16-8-6-13/h3-4H,5-9H2,1-2H3/q+1. The number of rotatable bonds is 2. The maximum atomic E-state index is 12.0. The number of hydrogen-bond donors (Lipinski definition) is 0. The molecule has 1 aliphatic heterocycles. The number of imidazole rings is 1. The highest BCUT2D eigenvalue weighted by Gasteiger charge is 2.20. The van der Waals surface area contributed by atoms with Crippen molar-refractivity contribution in [3.05, 3.63) is 18.2 Å². The summed E-state index contributed by atoms with van der Waals surface area (Å²) in [6.07, 6.45) is 3.90. The summed E-state index contributed by atoms with van der Waals surface area (Å²) in [6.45, 7) is 5.17. The molecule has 5 heteroatoms. The van der Waals surface area contributed by atoms with Gasteiger partial charge in [0.25, 0.3) is 11.7 Å². The third-order valence-electron chi connectivity index (χ3n) is 3.07. The van der Waals surface area contributed by atoms with Crippen molar-refractivity contribution >= 4 is 5.91 Å². The Kier molecular flexibility index (Phi) is 3.24. The first-order chi connectivity index (χ1) is 7.68. The smallest absolute Gasteiger partial charge is 0.264 e. The number of amides is 1. The molecule has 0 unspecified atom stereocenters. The summed E-state index contributed by atoms with van der Waals surface area (Å²) in [6, 6.07) is 0. The summed E-state index contributed by atoms with van der Waals surface area (Å²) < 4.78 is 9.20. The van der Waals surface area contributed by atoms with Gasteiger partial charge in [0, 0.05) is 20.0 Å². The van der Waals surface area contributed by atoms with E-state index in [1.807, 2.05) is 40.4 Å². The van der Waals surface area contributed by atoms with E-state index in [-0.39, 0.29) is 5.91 Å². The van der Waals surface area contributed by atoms with E-state index in [1.54, 1.807) is 0 Å². The van der Waals surface area contributed by atoms with Crippen LogP contribution in [-0.2, 0) is 23.1 Å². The monoisotopic (exact) mass is 224 g/mol. The Bertz CT molecular complexity index is 381. The second-order valence-corrected chi connectivity index (χ2v) is 4.08. The molecular formula is C11H18N3O2+. The lowest BCUT2D eigenvalue weighted by Crippen LogP contribution is -2.42. The van der Waals surface area contributed by atoms with Gasteiger partial charge in [-0.05, 0) is 0 Å². The molecule has 1 aromatic rings. The van der Waals surface area contributed by atoms with Crippen molar-refractivity contribution < 1.29 is 14.1 Å². The minimum absolute atomic E-state index is 0.169. The van der Waals surface area contributed by atoms with Gasteiger partial charge in [0.2, 0.25) is 0 Å². The maximum Gasteiger partial charge on any atom is 0.264 e. The van der Waals surface area contributed by atoms with Crippen LogP contribution in [0.2, 0.25) is 0 Å². The fraction of sp³-hybridized carbons (Fsp3) is 0.636. The molecule has 0 bridgehead atoms. The van der Waals surface area contributed by atoms with Gasteiger partial charge in [-0.1, -0.05) is 0 Å². The molecule has 2 rings (SSSR count). The van der Waals surface area contributed by atoms with E-state index in [9.17, 15) is 4.79 Å². The third kappa shape index (κ3) is 2.24. The first-order valence-corrected chi connectivity index (χ1v) is 5.55. The Hall–Kier alpha value is -1.36. The minimum atomic E-state index is 0.169. The second-order valence-electron chi connectivity index (χ2n) is 4.08. The number of carbonyl (C=O) groups excluding carboxylic acids is 1. The van der Waals surface area contributed by atoms with Gasteiger partial charge in [-0.3, -0.25) is 4.79 Å². The first-order valence-electron chi connectivity index (χ1n) is 5.55. The number of aryl methyl sites for hydroxylation is 1. The van der Waals surface area contributed by atoms with Gasteiger partial charge in [-0.15, -0.1) is 0 Å². The van der Waals surface area contributed by atoms with Crippen LogP contribution in [0.4, 0.5) is 0 Å². The summed E-state index contributed by atoms with van der Waals surface area (Å²) in [7, 11) is 1.98. The van der Waals surface area contributed by atoms with Crippen LogP contribution < -0.4 is 4.57 Å². The molecule has 0 aliphatic carbocycles. The molecule has 1 amide bonds. The van der Waals surface area contributed by atoms with Crippen LogP contribution in [0.15, 0.2) is 12.4 Å². The normalized spacial score (nSPS) is 16.5. The number of aromatic nitrogens is 2. The molecule has 2 heterocycles. The average molecular weight is 224 g/mol. The lowest BCUT2D eigenvalue weighted by molar-refractivity contribution is -0.677.